The highest BCUT2D eigenvalue weighted by Gasteiger charge is 2.21. The van der Waals surface area contributed by atoms with Gasteiger partial charge in [-0.1, -0.05) is 15.9 Å². The van der Waals surface area contributed by atoms with E-state index in [0.717, 1.165) is 17.3 Å². The van der Waals surface area contributed by atoms with Gasteiger partial charge in [-0.15, -0.1) is 0 Å². The maximum absolute atomic E-state index is 11.6. The van der Waals surface area contributed by atoms with Gasteiger partial charge in [0.15, 0.2) is 0 Å². The molecule has 1 amide bonds. The number of carbonyl (C=O) groups excluding carboxylic acids is 1. The summed E-state index contributed by atoms with van der Waals surface area (Å²) in [7, 11) is 0. The topological polar surface area (TPSA) is 64.9 Å². The number of anilines is 1. The number of hydrogen-bond donors (Lipinski definition) is 2. The van der Waals surface area contributed by atoms with E-state index in [4.69, 9.17) is 5.26 Å². The summed E-state index contributed by atoms with van der Waals surface area (Å²) in [5, 5.41) is 14.8. The second-order valence-electron chi connectivity index (χ2n) is 4.01. The predicted molar refractivity (Wildman–Crippen MR) is 68.5 cm³/mol. The zero-order chi connectivity index (χ0) is 12.3. The summed E-state index contributed by atoms with van der Waals surface area (Å²) in [6, 6.07) is 7.76. The lowest BCUT2D eigenvalue weighted by atomic mass is 10.2. The van der Waals surface area contributed by atoms with Crippen LogP contribution in [0.3, 0.4) is 0 Å². The third-order valence-corrected chi connectivity index (χ3v) is 3.00. The molecule has 0 aliphatic heterocycles. The van der Waals surface area contributed by atoms with Crippen molar-refractivity contribution in [3.63, 3.8) is 0 Å². The molecule has 0 radical (unpaired) electrons. The van der Waals surface area contributed by atoms with Crippen molar-refractivity contribution in [2.24, 2.45) is 0 Å². The van der Waals surface area contributed by atoms with Gasteiger partial charge >= 0.3 is 0 Å². The molecule has 0 heterocycles. The van der Waals surface area contributed by atoms with Gasteiger partial charge in [-0.3, -0.25) is 4.79 Å². The van der Waals surface area contributed by atoms with E-state index >= 15 is 0 Å². The highest BCUT2D eigenvalue weighted by molar-refractivity contribution is 9.10. The van der Waals surface area contributed by atoms with Crippen LogP contribution in [0.5, 0.6) is 0 Å². The smallest absolute Gasteiger partial charge is 0.238 e. The highest BCUT2D eigenvalue weighted by atomic mass is 79.9. The Balaban J connectivity index is 1.97. The summed E-state index contributed by atoms with van der Waals surface area (Å²) in [5.74, 6) is -0.115. The fraction of sp³-hybridized carbons (Fsp3) is 0.333. The molecule has 17 heavy (non-hydrogen) atoms. The van der Waals surface area contributed by atoms with E-state index in [2.05, 4.69) is 32.6 Å². The van der Waals surface area contributed by atoms with Crippen molar-refractivity contribution < 1.29 is 4.79 Å². The molecule has 5 heteroatoms. The molecular weight excluding hydrogens is 282 g/mol. The van der Waals surface area contributed by atoms with Gasteiger partial charge in [-0.25, -0.2) is 0 Å². The van der Waals surface area contributed by atoms with E-state index in [9.17, 15) is 4.79 Å². The number of benzene rings is 1. The van der Waals surface area contributed by atoms with Crippen molar-refractivity contribution in [1.29, 1.82) is 5.26 Å². The maximum Gasteiger partial charge on any atom is 0.238 e. The van der Waals surface area contributed by atoms with Crippen LogP contribution in [0.2, 0.25) is 0 Å². The summed E-state index contributed by atoms with van der Waals surface area (Å²) in [4.78, 5) is 11.6. The van der Waals surface area contributed by atoms with Gasteiger partial charge in [-0.05, 0) is 31.0 Å². The standard InChI is InChI=1S/C12H12BrN3O/c13-9-1-4-11(8(5-9)6-14)16-12(17)7-15-10-2-3-10/h1,4-5,10,15H,2-3,7H2,(H,16,17). The van der Waals surface area contributed by atoms with Gasteiger partial charge in [0.25, 0.3) is 0 Å². The lowest BCUT2D eigenvalue weighted by Crippen LogP contribution is -2.29. The van der Waals surface area contributed by atoms with Gasteiger partial charge in [0.1, 0.15) is 6.07 Å². The summed E-state index contributed by atoms with van der Waals surface area (Å²) in [5.41, 5.74) is 1.01. The molecule has 0 unspecified atom stereocenters. The fourth-order valence-corrected chi connectivity index (χ4v) is 1.80. The van der Waals surface area contributed by atoms with Crippen molar-refractivity contribution in [2.45, 2.75) is 18.9 Å². The van der Waals surface area contributed by atoms with E-state index < -0.39 is 0 Å². The average Bonchev–Trinajstić information content (AvgIpc) is 3.12. The molecule has 2 N–H and O–H groups in total. The van der Waals surface area contributed by atoms with Gasteiger partial charge in [0, 0.05) is 10.5 Å². The van der Waals surface area contributed by atoms with E-state index in [1.807, 2.05) is 0 Å². The molecule has 0 bridgehead atoms. The molecule has 0 spiro atoms. The second kappa shape index (κ2) is 5.30. The summed E-state index contributed by atoms with van der Waals surface area (Å²) >= 11 is 3.29. The third kappa shape index (κ3) is 3.55. The molecule has 1 aliphatic carbocycles. The Morgan fingerprint density at radius 3 is 2.94 bits per heavy atom. The fourth-order valence-electron chi connectivity index (χ4n) is 1.44. The van der Waals surface area contributed by atoms with Crippen LogP contribution in [0.4, 0.5) is 5.69 Å². The predicted octanol–water partition coefficient (Wildman–Crippen LogP) is 2.01. The van der Waals surface area contributed by atoms with E-state index in [1.54, 1.807) is 18.2 Å². The van der Waals surface area contributed by atoms with Gasteiger partial charge in [0.05, 0.1) is 17.8 Å². The van der Waals surface area contributed by atoms with Crippen LogP contribution in [0.15, 0.2) is 22.7 Å². The zero-order valence-corrected chi connectivity index (χ0v) is 10.8. The minimum absolute atomic E-state index is 0.115. The van der Waals surface area contributed by atoms with Crippen molar-refractivity contribution in [2.75, 3.05) is 11.9 Å². The molecule has 2 rings (SSSR count). The lowest BCUT2D eigenvalue weighted by molar-refractivity contribution is -0.115. The lowest BCUT2D eigenvalue weighted by Gasteiger charge is -2.07. The Bertz CT molecular complexity index is 477. The number of halogens is 1. The van der Waals surface area contributed by atoms with E-state index in [-0.39, 0.29) is 5.91 Å². The second-order valence-corrected chi connectivity index (χ2v) is 4.92. The van der Waals surface area contributed by atoms with Crippen LogP contribution in [-0.4, -0.2) is 18.5 Å². The van der Waals surface area contributed by atoms with Crippen LogP contribution in [0.1, 0.15) is 18.4 Å². The van der Waals surface area contributed by atoms with Crippen molar-refractivity contribution in [3.8, 4) is 6.07 Å². The van der Waals surface area contributed by atoms with E-state index in [1.165, 1.54) is 0 Å². The van der Waals surface area contributed by atoms with Crippen molar-refractivity contribution >= 4 is 27.5 Å². The molecular formula is C12H12BrN3O. The Morgan fingerprint density at radius 1 is 1.53 bits per heavy atom. The molecule has 1 fully saturated rings. The van der Waals surface area contributed by atoms with Crippen molar-refractivity contribution in [1.82, 2.24) is 5.32 Å². The van der Waals surface area contributed by atoms with Crippen LogP contribution >= 0.6 is 15.9 Å². The molecule has 0 aromatic heterocycles. The molecule has 1 aliphatic rings. The van der Waals surface area contributed by atoms with Gasteiger partial charge < -0.3 is 10.6 Å². The maximum atomic E-state index is 11.6. The minimum Gasteiger partial charge on any atom is -0.324 e. The Kier molecular flexibility index (Phi) is 3.77. The number of amides is 1. The highest BCUT2D eigenvalue weighted by Crippen LogP contribution is 2.20. The van der Waals surface area contributed by atoms with Crippen molar-refractivity contribution in [3.05, 3.63) is 28.2 Å². The van der Waals surface area contributed by atoms with Crippen LogP contribution in [0.25, 0.3) is 0 Å². The van der Waals surface area contributed by atoms with Gasteiger partial charge in [-0.2, -0.15) is 5.26 Å². The number of nitrogens with one attached hydrogen (secondary N) is 2. The van der Waals surface area contributed by atoms with Gasteiger partial charge in [0.2, 0.25) is 5.91 Å². The zero-order valence-electron chi connectivity index (χ0n) is 9.16. The minimum atomic E-state index is -0.115. The first-order valence-corrected chi connectivity index (χ1v) is 6.21. The Morgan fingerprint density at radius 2 is 2.29 bits per heavy atom. The first-order valence-electron chi connectivity index (χ1n) is 5.42. The van der Waals surface area contributed by atoms with Crippen LogP contribution in [0, 0.1) is 11.3 Å². The summed E-state index contributed by atoms with van der Waals surface area (Å²) in [6.45, 7) is 0.297. The number of carbonyl (C=O) groups is 1. The third-order valence-electron chi connectivity index (χ3n) is 2.50. The monoisotopic (exact) mass is 293 g/mol. The Hall–Kier alpha value is -1.38. The normalized spacial score (nSPS) is 14.1. The quantitative estimate of drug-likeness (QED) is 0.892. The first-order chi connectivity index (χ1) is 8.19. The molecule has 88 valence electrons. The number of nitriles is 1. The number of nitrogens with zero attached hydrogens (tertiary/aromatic N) is 1. The molecule has 0 atom stereocenters. The largest absolute Gasteiger partial charge is 0.324 e. The van der Waals surface area contributed by atoms with Crippen LogP contribution in [-0.2, 0) is 4.79 Å². The summed E-state index contributed by atoms with van der Waals surface area (Å²) in [6.07, 6.45) is 2.30. The molecule has 1 aromatic carbocycles. The average molecular weight is 294 g/mol. The molecule has 4 nitrogen and oxygen atoms in total. The Labute approximate surface area is 108 Å². The summed E-state index contributed by atoms with van der Waals surface area (Å²) < 4.78 is 0.822. The molecule has 0 saturated heterocycles. The van der Waals surface area contributed by atoms with Crippen LogP contribution < -0.4 is 10.6 Å². The molecule has 1 aromatic rings. The molecule has 1 saturated carbocycles. The van der Waals surface area contributed by atoms with E-state index in [0.29, 0.717) is 23.8 Å². The number of hydrogen-bond acceptors (Lipinski definition) is 3. The SMILES string of the molecule is N#Cc1cc(Br)ccc1NC(=O)CNC1CC1. The first kappa shape index (κ1) is 12.1. The number of rotatable bonds is 4.